The summed E-state index contributed by atoms with van der Waals surface area (Å²) >= 11 is 0. The van der Waals surface area contributed by atoms with Gasteiger partial charge in [0.25, 0.3) is 0 Å². The fourth-order valence-electron chi connectivity index (χ4n) is 2.30. The van der Waals surface area contributed by atoms with Crippen molar-refractivity contribution in [2.45, 2.75) is 38.5 Å². The molecule has 4 aliphatic heterocycles. The number of nitrogens with one attached hydrogen (secondary N) is 4. The summed E-state index contributed by atoms with van der Waals surface area (Å²) in [5, 5.41) is 12.6. The Hall–Kier alpha value is -0.240. The van der Waals surface area contributed by atoms with Gasteiger partial charge in [-0.05, 0) is 64.8 Å². The van der Waals surface area contributed by atoms with Crippen molar-refractivity contribution in [3.05, 3.63) is 0 Å². The van der Waals surface area contributed by atoms with E-state index in [4.69, 9.17) is 9.47 Å². The van der Waals surface area contributed by atoms with Gasteiger partial charge in [-0.1, -0.05) is 6.42 Å². The third-order valence-corrected chi connectivity index (χ3v) is 3.64. The van der Waals surface area contributed by atoms with Gasteiger partial charge in [0.1, 0.15) is 0 Å². The standard InChI is InChI=1S/C5H11N.C4H9NO.C4H9N.C3H7NO/c1-2-4-6-5-3-1;1-2-5-4-6-3-1;1-2-4-5-3-1;1-2-5-3-4-1/h6H,1-5H2;5H,1-4H2;5H,1-4H2;4H,1-3H2. The highest BCUT2D eigenvalue weighted by Gasteiger charge is 1.94. The molecule has 0 radical (unpaired) electrons. The van der Waals surface area contributed by atoms with Crippen molar-refractivity contribution in [1.29, 1.82) is 0 Å². The molecule has 4 heterocycles. The van der Waals surface area contributed by atoms with Crippen molar-refractivity contribution in [3.8, 4) is 0 Å². The van der Waals surface area contributed by atoms with Gasteiger partial charge in [-0.15, -0.1) is 0 Å². The zero-order chi connectivity index (χ0) is 15.6. The van der Waals surface area contributed by atoms with Crippen LogP contribution in [-0.4, -0.2) is 65.9 Å². The minimum atomic E-state index is 0.750. The van der Waals surface area contributed by atoms with Gasteiger partial charge in [0.15, 0.2) is 0 Å². The van der Waals surface area contributed by atoms with E-state index in [9.17, 15) is 0 Å². The zero-order valence-electron chi connectivity index (χ0n) is 14.1. The second-order valence-electron chi connectivity index (χ2n) is 5.73. The second-order valence-corrected chi connectivity index (χ2v) is 5.73. The Kier molecular flexibility index (Phi) is 15.4. The minimum Gasteiger partial charge on any atom is -0.366 e. The van der Waals surface area contributed by atoms with Crippen LogP contribution in [0.15, 0.2) is 0 Å². The van der Waals surface area contributed by atoms with E-state index < -0.39 is 0 Å². The van der Waals surface area contributed by atoms with Gasteiger partial charge in [0.05, 0.1) is 20.1 Å². The molecule has 0 aromatic heterocycles. The largest absolute Gasteiger partial charge is 0.366 e. The molecule has 0 saturated carbocycles. The monoisotopic (exact) mass is 316 g/mol. The molecule has 132 valence electrons. The highest BCUT2D eigenvalue weighted by atomic mass is 16.5. The van der Waals surface area contributed by atoms with Crippen molar-refractivity contribution in [1.82, 2.24) is 21.3 Å². The summed E-state index contributed by atoms with van der Waals surface area (Å²) in [7, 11) is 0. The van der Waals surface area contributed by atoms with Crippen LogP contribution in [0.25, 0.3) is 0 Å². The maximum atomic E-state index is 4.96. The van der Waals surface area contributed by atoms with Crippen LogP contribution in [0.5, 0.6) is 0 Å². The minimum absolute atomic E-state index is 0.750. The van der Waals surface area contributed by atoms with Gasteiger partial charge < -0.3 is 20.1 Å². The summed E-state index contributed by atoms with van der Waals surface area (Å²) in [6.45, 7) is 10.5. The summed E-state index contributed by atoms with van der Waals surface area (Å²) < 4.78 is 9.79. The van der Waals surface area contributed by atoms with Gasteiger partial charge in [-0.2, -0.15) is 0 Å². The van der Waals surface area contributed by atoms with Crippen LogP contribution in [0.1, 0.15) is 38.5 Å². The molecule has 4 fully saturated rings. The van der Waals surface area contributed by atoms with Gasteiger partial charge in [-0.25, -0.2) is 0 Å². The van der Waals surface area contributed by atoms with Crippen LogP contribution in [0.4, 0.5) is 0 Å². The molecule has 0 aliphatic carbocycles. The van der Waals surface area contributed by atoms with E-state index in [0.29, 0.717) is 0 Å². The van der Waals surface area contributed by atoms with Crippen LogP contribution in [-0.2, 0) is 9.47 Å². The molecule has 0 spiro atoms. The maximum Gasteiger partial charge on any atom is 0.0966 e. The predicted molar refractivity (Wildman–Crippen MR) is 91.1 cm³/mol. The molecule has 0 aromatic carbocycles. The molecule has 0 atom stereocenters. The van der Waals surface area contributed by atoms with Gasteiger partial charge in [0.2, 0.25) is 0 Å². The second kappa shape index (κ2) is 17.1. The number of hydrogen-bond acceptors (Lipinski definition) is 6. The molecule has 22 heavy (non-hydrogen) atoms. The third kappa shape index (κ3) is 14.7. The smallest absolute Gasteiger partial charge is 0.0966 e. The third-order valence-electron chi connectivity index (χ3n) is 3.64. The van der Waals surface area contributed by atoms with E-state index in [2.05, 4.69) is 21.3 Å². The lowest BCUT2D eigenvalue weighted by molar-refractivity contribution is 0.0848. The Balaban J connectivity index is 0.000000147. The molecule has 4 rings (SSSR count). The average Bonchev–Trinajstić information content (AvgIpc) is 3.37. The molecular formula is C16H36N4O2. The van der Waals surface area contributed by atoms with Crippen molar-refractivity contribution in [2.24, 2.45) is 0 Å². The van der Waals surface area contributed by atoms with Crippen LogP contribution in [0.3, 0.4) is 0 Å². The highest BCUT2D eigenvalue weighted by molar-refractivity contribution is 4.56. The number of hydrogen-bond donors (Lipinski definition) is 4. The molecule has 0 unspecified atom stereocenters. The Bertz CT molecular complexity index is 144. The average molecular weight is 316 g/mol. The Labute approximate surface area is 136 Å². The van der Waals surface area contributed by atoms with Gasteiger partial charge in [0, 0.05) is 13.2 Å². The van der Waals surface area contributed by atoms with Gasteiger partial charge in [-0.3, -0.25) is 10.6 Å². The fourth-order valence-corrected chi connectivity index (χ4v) is 2.30. The first-order valence-electron chi connectivity index (χ1n) is 8.98. The first kappa shape index (κ1) is 19.8. The number of piperidine rings is 1. The maximum absolute atomic E-state index is 4.96. The molecule has 0 amide bonds. The van der Waals surface area contributed by atoms with Crippen molar-refractivity contribution < 1.29 is 9.47 Å². The van der Waals surface area contributed by atoms with E-state index in [1.807, 2.05) is 0 Å². The topological polar surface area (TPSA) is 66.6 Å². The molecular weight excluding hydrogens is 280 g/mol. The van der Waals surface area contributed by atoms with Gasteiger partial charge >= 0.3 is 0 Å². The Morgan fingerprint density at radius 3 is 1.09 bits per heavy atom. The van der Waals surface area contributed by atoms with E-state index >= 15 is 0 Å². The lowest BCUT2D eigenvalue weighted by atomic mass is 10.2. The van der Waals surface area contributed by atoms with Crippen LogP contribution >= 0.6 is 0 Å². The molecule has 4 saturated heterocycles. The van der Waals surface area contributed by atoms with Crippen LogP contribution < -0.4 is 21.3 Å². The molecule has 4 aliphatic rings. The van der Waals surface area contributed by atoms with Crippen LogP contribution in [0, 0.1) is 0 Å². The quantitative estimate of drug-likeness (QED) is 0.526. The van der Waals surface area contributed by atoms with Crippen molar-refractivity contribution in [2.75, 3.05) is 65.9 Å². The molecule has 0 aromatic rings. The summed E-state index contributed by atoms with van der Waals surface area (Å²) in [6.07, 6.45) is 8.16. The summed E-state index contributed by atoms with van der Waals surface area (Å²) in [6, 6.07) is 0. The fraction of sp³-hybridized carbons (Fsp3) is 1.00. The van der Waals surface area contributed by atoms with E-state index in [1.165, 1.54) is 64.7 Å². The first-order chi connectivity index (χ1) is 11.0. The van der Waals surface area contributed by atoms with Crippen molar-refractivity contribution in [3.63, 3.8) is 0 Å². The van der Waals surface area contributed by atoms with E-state index in [0.717, 1.165) is 39.8 Å². The SMILES string of the molecule is C1CCNC1.C1CCNCC1.C1CNCOC1.C1COCN1. The Morgan fingerprint density at radius 1 is 0.409 bits per heavy atom. The lowest BCUT2D eigenvalue weighted by Gasteiger charge is -2.10. The highest BCUT2D eigenvalue weighted by Crippen LogP contribution is 1.96. The van der Waals surface area contributed by atoms with E-state index in [1.54, 1.807) is 0 Å². The molecule has 0 bridgehead atoms. The molecule has 6 heteroatoms. The summed E-state index contributed by atoms with van der Waals surface area (Å²) in [5.41, 5.74) is 0. The summed E-state index contributed by atoms with van der Waals surface area (Å²) in [5.74, 6) is 0. The summed E-state index contributed by atoms with van der Waals surface area (Å²) in [4.78, 5) is 0. The van der Waals surface area contributed by atoms with E-state index in [-0.39, 0.29) is 0 Å². The lowest BCUT2D eigenvalue weighted by Crippen LogP contribution is -2.26. The number of rotatable bonds is 0. The van der Waals surface area contributed by atoms with Crippen LogP contribution in [0.2, 0.25) is 0 Å². The predicted octanol–water partition coefficient (Wildman–Crippen LogP) is 0.647. The molecule has 6 nitrogen and oxygen atoms in total. The first-order valence-corrected chi connectivity index (χ1v) is 8.98. The van der Waals surface area contributed by atoms with Crippen molar-refractivity contribution >= 4 is 0 Å². The normalized spacial score (nSPS) is 24.0. The zero-order valence-corrected chi connectivity index (χ0v) is 14.1. The Morgan fingerprint density at radius 2 is 0.909 bits per heavy atom. The molecule has 4 N–H and O–H groups in total. The number of ether oxygens (including phenoxy) is 2.